The van der Waals surface area contributed by atoms with Crippen LogP contribution in [-0.4, -0.2) is 30.0 Å². The molecule has 0 spiro atoms. The van der Waals surface area contributed by atoms with E-state index in [1.54, 1.807) is 18.2 Å². The number of ketones is 1. The number of carbonyl (C=O) groups excluding carboxylic acids is 2. The Labute approximate surface area is 173 Å². The zero-order valence-corrected chi connectivity index (χ0v) is 17.0. The molecule has 0 unspecified atom stereocenters. The van der Waals surface area contributed by atoms with Gasteiger partial charge in [-0.2, -0.15) is 0 Å². The molecule has 0 amide bonds. The van der Waals surface area contributed by atoms with E-state index in [2.05, 4.69) is 4.98 Å². The van der Waals surface area contributed by atoms with E-state index in [9.17, 15) is 9.59 Å². The maximum absolute atomic E-state index is 11.9. The molecule has 2 heterocycles. The topological polar surface area (TPSA) is 65.5 Å². The first-order valence-electron chi connectivity index (χ1n) is 7.67. The summed E-state index contributed by atoms with van der Waals surface area (Å²) in [5.41, 5.74) is 1.19. The average Bonchev–Trinajstić information content (AvgIpc) is 3.05. The molecule has 0 N–H and O–H groups in total. The Kier molecular flexibility index (Phi) is 6.22. The number of fused-ring (bicyclic) bond motifs is 1. The molecule has 9 heteroatoms. The molecule has 0 atom stereocenters. The molecule has 0 saturated carbocycles. The van der Waals surface area contributed by atoms with E-state index in [4.69, 9.17) is 44.3 Å². The Morgan fingerprint density at radius 1 is 1.07 bits per heavy atom. The average molecular weight is 445 g/mol. The van der Waals surface area contributed by atoms with Gasteiger partial charge in [0.25, 0.3) is 0 Å². The second kappa shape index (κ2) is 8.44. The molecular formula is C18H12Cl3NO4S. The van der Waals surface area contributed by atoms with Crippen LogP contribution < -0.4 is 4.74 Å². The van der Waals surface area contributed by atoms with E-state index < -0.39 is 19.2 Å². The SMILES string of the molecule is Cc1ccc2c(Cl)cc(Cl)c(OCC(=O)OCC(=O)c3ccc(Cl)s3)c2n1. The first kappa shape index (κ1) is 19.9. The highest BCUT2D eigenvalue weighted by molar-refractivity contribution is 7.18. The highest BCUT2D eigenvalue weighted by atomic mass is 35.5. The number of carbonyl (C=O) groups is 2. The quantitative estimate of drug-likeness (QED) is 0.378. The number of esters is 1. The van der Waals surface area contributed by atoms with E-state index in [1.807, 2.05) is 13.0 Å². The van der Waals surface area contributed by atoms with E-state index >= 15 is 0 Å². The van der Waals surface area contributed by atoms with Crippen molar-refractivity contribution in [2.75, 3.05) is 13.2 Å². The minimum atomic E-state index is -0.710. The number of halogens is 3. The molecule has 0 radical (unpaired) electrons. The van der Waals surface area contributed by atoms with Crippen LogP contribution in [0.25, 0.3) is 10.9 Å². The molecule has 3 rings (SSSR count). The summed E-state index contributed by atoms with van der Waals surface area (Å²) in [6.45, 7) is 0.991. The number of Topliss-reactive ketones (excluding diaryl/α,β-unsaturated/α-hetero) is 1. The molecule has 140 valence electrons. The number of pyridine rings is 1. The van der Waals surface area contributed by atoms with Crippen LogP contribution in [0, 0.1) is 6.92 Å². The van der Waals surface area contributed by atoms with Crippen molar-refractivity contribution in [3.05, 3.63) is 55.3 Å². The Morgan fingerprint density at radius 2 is 1.85 bits per heavy atom. The molecular weight excluding hydrogens is 433 g/mol. The van der Waals surface area contributed by atoms with Crippen molar-refractivity contribution in [1.29, 1.82) is 0 Å². The minimum absolute atomic E-state index is 0.225. The molecule has 1 aromatic carbocycles. The summed E-state index contributed by atoms with van der Waals surface area (Å²) in [7, 11) is 0. The highest BCUT2D eigenvalue weighted by Gasteiger charge is 2.16. The van der Waals surface area contributed by atoms with E-state index in [-0.39, 0.29) is 16.6 Å². The van der Waals surface area contributed by atoms with E-state index in [0.717, 1.165) is 17.0 Å². The largest absolute Gasteiger partial charge is 0.478 e. The number of aromatic nitrogens is 1. The molecule has 0 aliphatic carbocycles. The first-order chi connectivity index (χ1) is 12.8. The van der Waals surface area contributed by atoms with Crippen LogP contribution >= 0.6 is 46.1 Å². The number of ether oxygens (including phenoxy) is 2. The summed E-state index contributed by atoms with van der Waals surface area (Å²) < 4.78 is 10.9. The van der Waals surface area contributed by atoms with Crippen molar-refractivity contribution >= 4 is 68.8 Å². The lowest BCUT2D eigenvalue weighted by Gasteiger charge is -2.12. The van der Waals surface area contributed by atoms with Gasteiger partial charge >= 0.3 is 5.97 Å². The Bertz CT molecular complexity index is 1030. The smallest absolute Gasteiger partial charge is 0.344 e. The first-order valence-corrected chi connectivity index (χ1v) is 9.62. The zero-order valence-electron chi connectivity index (χ0n) is 13.9. The summed E-state index contributed by atoms with van der Waals surface area (Å²) >= 11 is 19.3. The summed E-state index contributed by atoms with van der Waals surface area (Å²) in [5, 5.41) is 1.31. The van der Waals surface area contributed by atoms with Crippen molar-refractivity contribution < 1.29 is 19.1 Å². The molecule has 27 heavy (non-hydrogen) atoms. The van der Waals surface area contributed by atoms with Gasteiger partial charge in [0, 0.05) is 11.1 Å². The fraction of sp³-hybridized carbons (Fsp3) is 0.167. The van der Waals surface area contributed by atoms with Crippen LogP contribution in [-0.2, 0) is 9.53 Å². The number of aryl methyl sites for hydroxylation is 1. The monoisotopic (exact) mass is 443 g/mol. The van der Waals surface area contributed by atoms with Gasteiger partial charge in [0.1, 0.15) is 5.52 Å². The number of rotatable bonds is 6. The maximum Gasteiger partial charge on any atom is 0.344 e. The normalized spacial score (nSPS) is 10.8. The van der Waals surface area contributed by atoms with Crippen LogP contribution in [0.5, 0.6) is 5.75 Å². The van der Waals surface area contributed by atoms with Crippen LogP contribution in [0.2, 0.25) is 14.4 Å². The third-order valence-corrected chi connectivity index (χ3v) is 5.39. The third-order valence-electron chi connectivity index (χ3n) is 3.52. The van der Waals surface area contributed by atoms with Gasteiger partial charge in [-0.15, -0.1) is 11.3 Å². The van der Waals surface area contributed by atoms with Gasteiger partial charge in [0.05, 0.1) is 19.3 Å². The van der Waals surface area contributed by atoms with Gasteiger partial charge in [-0.1, -0.05) is 34.8 Å². The van der Waals surface area contributed by atoms with Crippen molar-refractivity contribution in [2.24, 2.45) is 0 Å². The molecule has 2 aromatic heterocycles. The van der Waals surface area contributed by atoms with E-state index in [1.165, 1.54) is 6.07 Å². The highest BCUT2D eigenvalue weighted by Crippen LogP contribution is 2.37. The summed E-state index contributed by atoms with van der Waals surface area (Å²) in [6.07, 6.45) is 0. The van der Waals surface area contributed by atoms with Gasteiger partial charge in [-0.05, 0) is 37.3 Å². The number of hydrogen-bond acceptors (Lipinski definition) is 6. The Hall–Kier alpha value is -1.86. The minimum Gasteiger partial charge on any atom is -0.478 e. The van der Waals surface area contributed by atoms with Crippen LogP contribution in [0.15, 0.2) is 30.3 Å². The molecule has 0 aliphatic heterocycles. The van der Waals surface area contributed by atoms with Crippen LogP contribution in [0.3, 0.4) is 0 Å². The summed E-state index contributed by atoms with van der Waals surface area (Å²) in [4.78, 5) is 28.7. The lowest BCUT2D eigenvalue weighted by atomic mass is 10.2. The molecule has 0 aliphatic rings. The lowest BCUT2D eigenvalue weighted by molar-refractivity contribution is -0.144. The molecule has 0 bridgehead atoms. The number of hydrogen-bond donors (Lipinski definition) is 0. The molecule has 0 fully saturated rings. The molecule has 0 saturated heterocycles. The third kappa shape index (κ3) is 4.71. The van der Waals surface area contributed by atoms with Gasteiger partial charge in [0.2, 0.25) is 5.78 Å². The summed E-state index contributed by atoms with van der Waals surface area (Å²) in [6, 6.07) is 8.31. The van der Waals surface area contributed by atoms with E-state index in [0.29, 0.717) is 25.1 Å². The lowest BCUT2D eigenvalue weighted by Crippen LogP contribution is -2.19. The van der Waals surface area contributed by atoms with Gasteiger partial charge < -0.3 is 9.47 Å². The fourth-order valence-electron chi connectivity index (χ4n) is 2.28. The fourth-order valence-corrected chi connectivity index (χ4v) is 3.82. The Morgan fingerprint density at radius 3 is 2.56 bits per heavy atom. The predicted molar refractivity (Wildman–Crippen MR) is 107 cm³/mol. The second-order valence-electron chi connectivity index (χ2n) is 5.49. The second-order valence-corrected chi connectivity index (χ2v) is 8.02. The standard InChI is InChI=1S/C18H12Cl3NO4S/c1-9-2-3-10-11(19)6-12(20)18(17(10)22-9)26-8-16(24)25-7-13(23)14-4-5-15(21)27-14/h2-6H,7-8H2,1H3. The zero-order chi connectivity index (χ0) is 19.6. The number of benzene rings is 1. The van der Waals surface area contributed by atoms with Crippen LogP contribution in [0.4, 0.5) is 0 Å². The maximum atomic E-state index is 11.9. The van der Waals surface area contributed by atoms with Gasteiger partial charge in [-0.25, -0.2) is 9.78 Å². The molecule has 5 nitrogen and oxygen atoms in total. The van der Waals surface area contributed by atoms with Crippen molar-refractivity contribution in [1.82, 2.24) is 4.98 Å². The number of thiophene rings is 1. The Balaban J connectivity index is 1.67. The summed E-state index contributed by atoms with van der Waals surface area (Å²) in [5.74, 6) is -0.821. The van der Waals surface area contributed by atoms with Crippen molar-refractivity contribution in [3.63, 3.8) is 0 Å². The van der Waals surface area contributed by atoms with Crippen molar-refractivity contribution in [2.45, 2.75) is 6.92 Å². The predicted octanol–water partition coefficient (Wildman–Crippen LogP) is 5.37. The van der Waals surface area contributed by atoms with Gasteiger partial charge in [0.15, 0.2) is 19.0 Å². The van der Waals surface area contributed by atoms with Crippen LogP contribution in [0.1, 0.15) is 15.4 Å². The van der Waals surface area contributed by atoms with Gasteiger partial charge in [-0.3, -0.25) is 4.79 Å². The van der Waals surface area contributed by atoms with Crippen molar-refractivity contribution in [3.8, 4) is 5.75 Å². The molecule has 3 aromatic rings. The number of nitrogens with zero attached hydrogens (tertiary/aromatic N) is 1.